The lowest BCUT2D eigenvalue weighted by atomic mass is 10.2. The van der Waals surface area contributed by atoms with Crippen molar-refractivity contribution in [1.82, 2.24) is 24.5 Å². The first kappa shape index (κ1) is 17.4. The van der Waals surface area contributed by atoms with Crippen LogP contribution in [0.15, 0.2) is 12.4 Å². The zero-order valence-corrected chi connectivity index (χ0v) is 15.6. The Morgan fingerprint density at radius 1 is 1.36 bits per heavy atom. The molecule has 2 aromatic rings. The number of carbonyl (C=O) groups is 1. The summed E-state index contributed by atoms with van der Waals surface area (Å²) in [6, 6.07) is 2.20. The van der Waals surface area contributed by atoms with Crippen LogP contribution in [0.5, 0.6) is 0 Å². The highest BCUT2D eigenvalue weighted by atomic mass is 16.6. The minimum atomic E-state index is -0.481. The number of nitrogens with zero attached hydrogens (tertiary/aromatic N) is 6. The zero-order chi connectivity index (χ0) is 18.2. The largest absolute Gasteiger partial charge is 0.444 e. The van der Waals surface area contributed by atoms with Crippen molar-refractivity contribution in [1.29, 1.82) is 0 Å². The van der Waals surface area contributed by atoms with Gasteiger partial charge in [-0.15, -0.1) is 0 Å². The van der Waals surface area contributed by atoms with Gasteiger partial charge in [-0.2, -0.15) is 14.6 Å². The molecule has 1 aliphatic heterocycles. The quantitative estimate of drug-likeness (QED) is 0.829. The predicted molar refractivity (Wildman–Crippen MR) is 94.8 cm³/mol. The van der Waals surface area contributed by atoms with Crippen LogP contribution in [0.3, 0.4) is 0 Å². The molecule has 0 bridgehead atoms. The number of amides is 1. The molecule has 1 unspecified atom stereocenters. The van der Waals surface area contributed by atoms with Crippen LogP contribution in [-0.2, 0) is 11.2 Å². The van der Waals surface area contributed by atoms with Crippen molar-refractivity contribution < 1.29 is 9.53 Å². The fourth-order valence-corrected chi connectivity index (χ4v) is 3.02. The molecular weight excluding hydrogens is 320 g/mol. The molecule has 1 aliphatic rings. The second kappa shape index (κ2) is 6.50. The van der Waals surface area contributed by atoms with Gasteiger partial charge in [0.15, 0.2) is 0 Å². The number of carbonyl (C=O) groups excluding carboxylic acids is 1. The molecule has 0 aromatic carbocycles. The van der Waals surface area contributed by atoms with Crippen LogP contribution in [-0.4, -0.2) is 61.9 Å². The molecule has 0 spiro atoms. The van der Waals surface area contributed by atoms with E-state index in [0.29, 0.717) is 25.4 Å². The van der Waals surface area contributed by atoms with Gasteiger partial charge in [-0.1, -0.05) is 6.92 Å². The molecule has 1 atom stereocenters. The molecule has 25 heavy (non-hydrogen) atoms. The lowest BCUT2D eigenvalue weighted by Gasteiger charge is -2.41. The van der Waals surface area contributed by atoms with E-state index in [0.717, 1.165) is 17.9 Å². The van der Waals surface area contributed by atoms with Crippen molar-refractivity contribution >= 4 is 17.7 Å². The number of piperazine rings is 1. The first-order chi connectivity index (χ1) is 11.8. The monoisotopic (exact) mass is 346 g/mol. The molecule has 0 N–H and O–H groups in total. The van der Waals surface area contributed by atoms with Crippen LogP contribution in [0.25, 0.3) is 5.78 Å². The lowest BCUT2D eigenvalue weighted by Crippen LogP contribution is -2.55. The average Bonchev–Trinajstić information content (AvgIpc) is 3.00. The van der Waals surface area contributed by atoms with Crippen LogP contribution in [0.1, 0.15) is 40.3 Å². The van der Waals surface area contributed by atoms with E-state index < -0.39 is 5.60 Å². The Bertz CT molecular complexity index is 766. The summed E-state index contributed by atoms with van der Waals surface area (Å²) in [6.07, 6.45) is 2.10. The van der Waals surface area contributed by atoms with Crippen LogP contribution in [0, 0.1) is 0 Å². The van der Waals surface area contributed by atoms with Crippen molar-refractivity contribution in [3.63, 3.8) is 0 Å². The van der Waals surface area contributed by atoms with Crippen LogP contribution in [0.4, 0.5) is 10.6 Å². The molecule has 1 fully saturated rings. The van der Waals surface area contributed by atoms with Crippen molar-refractivity contribution in [3.8, 4) is 0 Å². The van der Waals surface area contributed by atoms with E-state index in [1.165, 1.54) is 6.33 Å². The van der Waals surface area contributed by atoms with Gasteiger partial charge in [0.2, 0.25) is 0 Å². The molecule has 136 valence electrons. The van der Waals surface area contributed by atoms with Crippen molar-refractivity contribution in [2.75, 3.05) is 24.5 Å². The first-order valence-electron chi connectivity index (χ1n) is 8.72. The predicted octanol–water partition coefficient (Wildman–Crippen LogP) is 2.13. The summed E-state index contributed by atoms with van der Waals surface area (Å²) in [5.41, 5.74) is 0.503. The first-order valence-corrected chi connectivity index (χ1v) is 8.72. The van der Waals surface area contributed by atoms with E-state index in [2.05, 4.69) is 39.9 Å². The normalized spacial score (nSPS) is 18.7. The summed E-state index contributed by atoms with van der Waals surface area (Å²) < 4.78 is 7.25. The third-order valence-corrected chi connectivity index (χ3v) is 4.22. The van der Waals surface area contributed by atoms with Gasteiger partial charge in [-0.3, -0.25) is 0 Å². The highest BCUT2D eigenvalue weighted by molar-refractivity contribution is 5.68. The molecule has 0 saturated carbocycles. The Kier molecular flexibility index (Phi) is 4.53. The SMILES string of the molecule is CCc1cc(N2CCN(C(=O)OC(C)(C)C)CC2C)n2ncnc2n1. The number of rotatable bonds is 2. The van der Waals surface area contributed by atoms with E-state index in [4.69, 9.17) is 4.74 Å². The number of anilines is 1. The third kappa shape index (κ3) is 3.67. The Labute approximate surface area is 147 Å². The number of aryl methyl sites for hydroxylation is 1. The smallest absolute Gasteiger partial charge is 0.410 e. The molecule has 3 heterocycles. The number of aromatic nitrogens is 4. The Morgan fingerprint density at radius 3 is 2.76 bits per heavy atom. The molecule has 2 aromatic heterocycles. The second-order valence-electron chi connectivity index (χ2n) is 7.40. The minimum absolute atomic E-state index is 0.140. The summed E-state index contributed by atoms with van der Waals surface area (Å²) >= 11 is 0. The maximum absolute atomic E-state index is 12.3. The van der Waals surface area contributed by atoms with E-state index >= 15 is 0 Å². The summed E-state index contributed by atoms with van der Waals surface area (Å²) in [5.74, 6) is 1.58. The lowest BCUT2D eigenvalue weighted by molar-refractivity contribution is 0.0218. The van der Waals surface area contributed by atoms with E-state index in [9.17, 15) is 4.79 Å². The van der Waals surface area contributed by atoms with Crippen LogP contribution in [0.2, 0.25) is 0 Å². The van der Waals surface area contributed by atoms with Gasteiger partial charge in [0.05, 0.1) is 0 Å². The topological polar surface area (TPSA) is 75.9 Å². The fraction of sp³-hybridized carbons (Fsp3) is 0.647. The summed E-state index contributed by atoms with van der Waals surface area (Å²) in [7, 11) is 0. The molecule has 8 heteroatoms. The molecular formula is C17H26N6O2. The molecule has 8 nitrogen and oxygen atoms in total. The fourth-order valence-electron chi connectivity index (χ4n) is 3.02. The summed E-state index contributed by atoms with van der Waals surface area (Å²) in [5, 5.41) is 4.30. The van der Waals surface area contributed by atoms with Crippen molar-refractivity contribution in [2.45, 2.75) is 52.7 Å². The van der Waals surface area contributed by atoms with Crippen LogP contribution >= 0.6 is 0 Å². The highest BCUT2D eigenvalue weighted by Gasteiger charge is 2.31. The molecule has 0 aliphatic carbocycles. The number of hydrogen-bond acceptors (Lipinski definition) is 6. The number of fused-ring (bicyclic) bond motifs is 1. The average molecular weight is 346 g/mol. The van der Waals surface area contributed by atoms with Gasteiger partial charge in [0.1, 0.15) is 17.7 Å². The number of ether oxygens (including phenoxy) is 1. The molecule has 0 radical (unpaired) electrons. The Balaban J connectivity index is 1.80. The summed E-state index contributed by atoms with van der Waals surface area (Å²) in [6.45, 7) is 11.8. The minimum Gasteiger partial charge on any atom is -0.444 e. The van der Waals surface area contributed by atoms with E-state index in [-0.39, 0.29) is 12.1 Å². The Hall–Kier alpha value is -2.38. The maximum atomic E-state index is 12.3. The van der Waals surface area contributed by atoms with Gasteiger partial charge >= 0.3 is 6.09 Å². The van der Waals surface area contributed by atoms with Gasteiger partial charge in [-0.05, 0) is 34.1 Å². The van der Waals surface area contributed by atoms with Crippen LogP contribution < -0.4 is 4.90 Å². The van der Waals surface area contributed by atoms with Gasteiger partial charge < -0.3 is 14.5 Å². The Morgan fingerprint density at radius 2 is 2.12 bits per heavy atom. The van der Waals surface area contributed by atoms with Gasteiger partial charge in [0.25, 0.3) is 5.78 Å². The molecule has 3 rings (SSSR count). The second-order valence-corrected chi connectivity index (χ2v) is 7.40. The van der Waals surface area contributed by atoms with Crippen molar-refractivity contribution in [2.24, 2.45) is 0 Å². The van der Waals surface area contributed by atoms with E-state index in [1.807, 2.05) is 20.8 Å². The maximum Gasteiger partial charge on any atom is 0.410 e. The van der Waals surface area contributed by atoms with E-state index in [1.54, 1.807) is 9.42 Å². The van der Waals surface area contributed by atoms with Gasteiger partial charge in [-0.25, -0.2) is 9.78 Å². The number of hydrogen-bond donors (Lipinski definition) is 0. The standard InChI is InChI=1S/C17H26N6O2/c1-6-13-9-14(23-15(20-13)18-11-19-23)22-8-7-21(10-12(22)2)16(24)25-17(3,4)5/h9,11-12H,6-8,10H2,1-5H3. The molecule has 1 amide bonds. The highest BCUT2D eigenvalue weighted by Crippen LogP contribution is 2.23. The third-order valence-electron chi connectivity index (χ3n) is 4.22. The van der Waals surface area contributed by atoms with Crippen molar-refractivity contribution in [3.05, 3.63) is 18.1 Å². The molecule has 1 saturated heterocycles. The summed E-state index contributed by atoms with van der Waals surface area (Å²) in [4.78, 5) is 25.1. The zero-order valence-electron chi connectivity index (χ0n) is 15.6. The van der Waals surface area contributed by atoms with Gasteiger partial charge in [0, 0.05) is 37.4 Å².